The van der Waals surface area contributed by atoms with E-state index in [9.17, 15) is 0 Å². The Labute approximate surface area is 90.9 Å². The molecule has 2 rings (SSSR count). The molecule has 0 spiro atoms. The maximum absolute atomic E-state index is 4.13. The zero-order chi connectivity index (χ0) is 10.5. The van der Waals surface area contributed by atoms with Crippen LogP contribution in [-0.4, -0.2) is 47.8 Å². The summed E-state index contributed by atoms with van der Waals surface area (Å²) in [5.41, 5.74) is 0. The number of hydrogen-bond donors (Lipinski definition) is 0. The minimum atomic E-state index is 1.01. The fourth-order valence-corrected chi connectivity index (χ4v) is 1.98. The van der Waals surface area contributed by atoms with Crippen LogP contribution in [-0.2, 0) is 0 Å². The smallest absolute Gasteiger partial charge is 0.151 e. The molecular formula is C11H18N4. The zero-order valence-electron chi connectivity index (χ0n) is 9.26. The van der Waals surface area contributed by atoms with Crippen molar-refractivity contribution >= 4 is 5.82 Å². The van der Waals surface area contributed by atoms with Gasteiger partial charge in [-0.05, 0) is 25.1 Å². The van der Waals surface area contributed by atoms with Crippen molar-refractivity contribution in [2.75, 3.05) is 37.6 Å². The van der Waals surface area contributed by atoms with E-state index >= 15 is 0 Å². The molecule has 15 heavy (non-hydrogen) atoms. The molecule has 0 bridgehead atoms. The summed E-state index contributed by atoms with van der Waals surface area (Å²) in [7, 11) is 0. The second kappa shape index (κ2) is 5.07. The van der Waals surface area contributed by atoms with Gasteiger partial charge in [0.2, 0.25) is 0 Å². The van der Waals surface area contributed by atoms with Gasteiger partial charge in [0, 0.05) is 32.4 Å². The fraction of sp³-hybridized carbons (Fsp3) is 0.636. The Morgan fingerprint density at radius 3 is 2.67 bits per heavy atom. The van der Waals surface area contributed by atoms with E-state index in [2.05, 4.69) is 26.9 Å². The first-order valence-electron chi connectivity index (χ1n) is 5.65. The molecule has 82 valence electrons. The number of hydrogen-bond acceptors (Lipinski definition) is 4. The quantitative estimate of drug-likeness (QED) is 0.739. The highest BCUT2D eigenvalue weighted by Gasteiger charge is 2.16. The van der Waals surface area contributed by atoms with Crippen molar-refractivity contribution in [3.8, 4) is 0 Å². The van der Waals surface area contributed by atoms with Gasteiger partial charge in [0.1, 0.15) is 0 Å². The average molecular weight is 206 g/mol. The third-order valence-electron chi connectivity index (χ3n) is 2.79. The first-order valence-corrected chi connectivity index (χ1v) is 5.65. The van der Waals surface area contributed by atoms with Gasteiger partial charge in [-0.15, -0.1) is 5.10 Å². The third-order valence-corrected chi connectivity index (χ3v) is 2.79. The summed E-state index contributed by atoms with van der Waals surface area (Å²) in [6.45, 7) is 7.87. The van der Waals surface area contributed by atoms with Crippen LogP contribution in [0.3, 0.4) is 0 Å². The van der Waals surface area contributed by atoms with Gasteiger partial charge in [-0.2, -0.15) is 5.10 Å². The second-order valence-electron chi connectivity index (χ2n) is 3.91. The predicted molar refractivity (Wildman–Crippen MR) is 61.0 cm³/mol. The van der Waals surface area contributed by atoms with Gasteiger partial charge in [0.15, 0.2) is 5.82 Å². The van der Waals surface area contributed by atoms with Crippen LogP contribution in [0.15, 0.2) is 18.3 Å². The van der Waals surface area contributed by atoms with Gasteiger partial charge in [-0.25, -0.2) is 0 Å². The summed E-state index contributed by atoms with van der Waals surface area (Å²) in [4.78, 5) is 4.81. The predicted octanol–water partition coefficient (Wildman–Crippen LogP) is 1.01. The fourth-order valence-electron chi connectivity index (χ4n) is 1.98. The molecule has 0 amide bonds. The van der Waals surface area contributed by atoms with Crippen LogP contribution in [0.4, 0.5) is 5.82 Å². The molecular weight excluding hydrogens is 188 g/mol. The topological polar surface area (TPSA) is 32.3 Å². The Kier molecular flexibility index (Phi) is 3.50. The highest BCUT2D eigenvalue weighted by atomic mass is 15.3. The molecule has 0 radical (unpaired) electrons. The molecule has 0 aromatic carbocycles. The van der Waals surface area contributed by atoms with Crippen molar-refractivity contribution in [1.82, 2.24) is 15.1 Å². The summed E-state index contributed by atoms with van der Waals surface area (Å²) >= 11 is 0. The normalized spacial score (nSPS) is 18.1. The molecule has 2 heterocycles. The van der Waals surface area contributed by atoms with Crippen LogP contribution in [0, 0.1) is 0 Å². The van der Waals surface area contributed by atoms with Crippen LogP contribution in [0.5, 0.6) is 0 Å². The lowest BCUT2D eigenvalue weighted by molar-refractivity contribution is 0.258. The van der Waals surface area contributed by atoms with Gasteiger partial charge < -0.3 is 4.90 Å². The Morgan fingerprint density at radius 2 is 2.07 bits per heavy atom. The van der Waals surface area contributed by atoms with E-state index in [1.807, 2.05) is 12.1 Å². The van der Waals surface area contributed by atoms with Gasteiger partial charge >= 0.3 is 0 Å². The minimum absolute atomic E-state index is 1.01. The van der Waals surface area contributed by atoms with Crippen molar-refractivity contribution in [2.24, 2.45) is 0 Å². The first kappa shape index (κ1) is 10.4. The summed E-state index contributed by atoms with van der Waals surface area (Å²) in [5.74, 6) is 1.01. The molecule has 1 aliphatic rings. The van der Waals surface area contributed by atoms with E-state index in [0.717, 1.165) is 32.0 Å². The van der Waals surface area contributed by atoms with E-state index in [1.165, 1.54) is 13.0 Å². The lowest BCUT2D eigenvalue weighted by Gasteiger charge is -2.34. The zero-order valence-corrected chi connectivity index (χ0v) is 9.26. The van der Waals surface area contributed by atoms with E-state index in [4.69, 9.17) is 0 Å². The van der Waals surface area contributed by atoms with Gasteiger partial charge in [0.25, 0.3) is 0 Å². The highest BCUT2D eigenvalue weighted by Crippen LogP contribution is 2.11. The third kappa shape index (κ3) is 2.65. The SMILES string of the molecule is CCCN1CCN(c2cccnn2)CC1. The monoisotopic (exact) mass is 206 g/mol. The van der Waals surface area contributed by atoms with Crippen LogP contribution >= 0.6 is 0 Å². The van der Waals surface area contributed by atoms with E-state index in [-0.39, 0.29) is 0 Å². The first-order chi connectivity index (χ1) is 7.40. The van der Waals surface area contributed by atoms with E-state index in [1.54, 1.807) is 6.20 Å². The standard InChI is InChI=1S/C11H18N4/c1-2-6-14-7-9-15(10-8-14)11-4-3-5-12-13-11/h3-5H,2,6-10H2,1H3. The number of anilines is 1. The lowest BCUT2D eigenvalue weighted by Crippen LogP contribution is -2.46. The maximum Gasteiger partial charge on any atom is 0.151 e. The highest BCUT2D eigenvalue weighted by molar-refractivity contribution is 5.36. The molecule has 1 aromatic heterocycles. The lowest BCUT2D eigenvalue weighted by atomic mass is 10.3. The van der Waals surface area contributed by atoms with E-state index < -0.39 is 0 Å². The molecule has 1 saturated heterocycles. The number of rotatable bonds is 3. The Hall–Kier alpha value is -1.16. The van der Waals surface area contributed by atoms with Crippen LogP contribution in [0.25, 0.3) is 0 Å². The molecule has 1 aromatic rings. The van der Waals surface area contributed by atoms with Gasteiger partial charge in [-0.3, -0.25) is 4.90 Å². The van der Waals surface area contributed by atoms with E-state index in [0.29, 0.717) is 0 Å². The summed E-state index contributed by atoms with van der Waals surface area (Å²) in [6.07, 6.45) is 2.96. The van der Waals surface area contributed by atoms with Gasteiger partial charge in [-0.1, -0.05) is 6.92 Å². The molecule has 0 saturated carbocycles. The Balaban J connectivity index is 1.88. The average Bonchev–Trinajstić information content (AvgIpc) is 2.32. The molecule has 4 heteroatoms. The largest absolute Gasteiger partial charge is 0.353 e. The van der Waals surface area contributed by atoms with Crippen LogP contribution in [0.1, 0.15) is 13.3 Å². The van der Waals surface area contributed by atoms with Crippen molar-refractivity contribution in [3.63, 3.8) is 0 Å². The number of aromatic nitrogens is 2. The minimum Gasteiger partial charge on any atom is -0.353 e. The molecule has 0 atom stereocenters. The molecule has 1 fully saturated rings. The molecule has 1 aliphatic heterocycles. The Bertz CT molecular complexity index is 280. The summed E-state index contributed by atoms with van der Waals surface area (Å²) < 4.78 is 0. The molecule has 0 unspecified atom stereocenters. The number of piperazine rings is 1. The molecule has 0 aliphatic carbocycles. The van der Waals surface area contributed by atoms with Crippen LogP contribution in [0.2, 0.25) is 0 Å². The molecule has 0 N–H and O–H groups in total. The molecule has 4 nitrogen and oxygen atoms in total. The van der Waals surface area contributed by atoms with Gasteiger partial charge in [0.05, 0.1) is 0 Å². The van der Waals surface area contributed by atoms with Crippen molar-refractivity contribution in [3.05, 3.63) is 18.3 Å². The van der Waals surface area contributed by atoms with Crippen LogP contribution < -0.4 is 4.90 Å². The van der Waals surface area contributed by atoms with Crippen molar-refractivity contribution < 1.29 is 0 Å². The van der Waals surface area contributed by atoms with Crippen molar-refractivity contribution in [2.45, 2.75) is 13.3 Å². The Morgan fingerprint density at radius 1 is 1.27 bits per heavy atom. The number of nitrogens with zero attached hydrogens (tertiary/aromatic N) is 4. The second-order valence-corrected chi connectivity index (χ2v) is 3.91. The summed E-state index contributed by atoms with van der Waals surface area (Å²) in [5, 5.41) is 8.04. The summed E-state index contributed by atoms with van der Waals surface area (Å²) in [6, 6.07) is 3.98. The maximum atomic E-state index is 4.13. The van der Waals surface area contributed by atoms with Crippen molar-refractivity contribution in [1.29, 1.82) is 0 Å².